The molecule has 146 valence electrons. The number of rotatable bonds is 4. The first kappa shape index (κ1) is 19.4. The Kier molecular flexibility index (Phi) is 5.04. The van der Waals surface area contributed by atoms with E-state index in [0.29, 0.717) is 13.1 Å². The number of benzene rings is 1. The Hall–Kier alpha value is -2.33. The van der Waals surface area contributed by atoms with E-state index >= 15 is 0 Å². The van der Waals surface area contributed by atoms with Gasteiger partial charge in [0, 0.05) is 30.5 Å². The third-order valence-electron chi connectivity index (χ3n) is 4.46. The van der Waals surface area contributed by atoms with Crippen LogP contribution in [0.4, 0.5) is 13.2 Å². The van der Waals surface area contributed by atoms with Gasteiger partial charge in [0.15, 0.2) is 0 Å². The second kappa shape index (κ2) is 7.01. The van der Waals surface area contributed by atoms with Crippen molar-refractivity contribution in [2.45, 2.75) is 30.6 Å². The molecule has 0 fully saturated rings. The molecule has 0 spiro atoms. The number of halogens is 3. The molecule has 27 heavy (non-hydrogen) atoms. The highest BCUT2D eigenvalue weighted by molar-refractivity contribution is 7.89. The summed E-state index contributed by atoms with van der Waals surface area (Å²) in [6.07, 6.45) is -2.62. The molecule has 0 bridgehead atoms. The van der Waals surface area contributed by atoms with E-state index < -0.39 is 28.7 Å². The van der Waals surface area contributed by atoms with E-state index in [-0.39, 0.29) is 16.5 Å². The van der Waals surface area contributed by atoms with Crippen LogP contribution in [0.1, 0.15) is 29.0 Å². The average molecular weight is 401 g/mol. The highest BCUT2D eigenvalue weighted by Gasteiger charge is 2.34. The summed E-state index contributed by atoms with van der Waals surface area (Å²) in [5, 5.41) is 1.75. The van der Waals surface area contributed by atoms with Gasteiger partial charge in [-0.3, -0.25) is 4.79 Å². The van der Waals surface area contributed by atoms with Crippen molar-refractivity contribution < 1.29 is 26.4 Å². The van der Waals surface area contributed by atoms with Crippen LogP contribution < -0.4 is 5.32 Å². The van der Waals surface area contributed by atoms with Gasteiger partial charge in [0.05, 0.1) is 10.9 Å². The quantitative estimate of drug-likeness (QED) is 0.856. The molecule has 1 amide bonds. The zero-order valence-electron chi connectivity index (χ0n) is 14.4. The van der Waals surface area contributed by atoms with Gasteiger partial charge >= 0.3 is 6.18 Å². The number of fused-ring (bicyclic) bond motifs is 1. The van der Waals surface area contributed by atoms with Gasteiger partial charge in [-0.1, -0.05) is 0 Å². The van der Waals surface area contributed by atoms with Crippen LogP contribution in [0.15, 0.2) is 47.5 Å². The van der Waals surface area contributed by atoms with E-state index in [2.05, 4.69) is 0 Å². The number of amides is 1. The number of hydrogen-bond acceptors (Lipinski definition) is 3. The summed E-state index contributed by atoms with van der Waals surface area (Å²) in [6.45, 7) is 1.18. The molecule has 2 heterocycles. The molecule has 0 saturated heterocycles. The summed E-state index contributed by atoms with van der Waals surface area (Å²) in [5.41, 5.74) is 0.840. The Bertz CT molecular complexity index is 936. The van der Waals surface area contributed by atoms with Crippen LogP contribution in [0.5, 0.6) is 0 Å². The van der Waals surface area contributed by atoms with Crippen LogP contribution in [-0.2, 0) is 16.6 Å². The van der Waals surface area contributed by atoms with Crippen molar-refractivity contribution in [3.05, 3.63) is 53.9 Å². The molecule has 2 aromatic rings. The number of carbonyl (C=O) groups excluding carboxylic acids is 1. The minimum atomic E-state index is -4.51. The predicted molar refractivity (Wildman–Crippen MR) is 91.6 cm³/mol. The third kappa shape index (κ3) is 4.01. The Labute approximate surface area is 154 Å². The van der Waals surface area contributed by atoms with E-state index in [1.165, 1.54) is 28.6 Å². The normalized spacial score (nSPS) is 18.1. The lowest BCUT2D eigenvalue weighted by Gasteiger charge is -2.33. The minimum absolute atomic E-state index is 0.0123. The van der Waals surface area contributed by atoms with Gasteiger partial charge in [0.1, 0.15) is 6.54 Å². The van der Waals surface area contributed by atoms with Crippen molar-refractivity contribution in [1.29, 1.82) is 0 Å². The highest BCUT2D eigenvalue weighted by atomic mass is 32.2. The Balaban J connectivity index is 1.77. The lowest BCUT2D eigenvalue weighted by molar-refractivity contribution is -0.123. The van der Waals surface area contributed by atoms with Gasteiger partial charge in [-0.05, 0) is 43.3 Å². The topological polar surface area (TPSA) is 71.4 Å². The lowest BCUT2D eigenvalue weighted by atomic mass is 10.2. The van der Waals surface area contributed by atoms with Crippen molar-refractivity contribution in [2.24, 2.45) is 0 Å². The summed E-state index contributed by atoms with van der Waals surface area (Å²) >= 11 is 0. The molecule has 0 saturated carbocycles. The molecule has 0 radical (unpaired) electrons. The van der Waals surface area contributed by atoms with Gasteiger partial charge in [-0.15, -0.1) is 0 Å². The van der Waals surface area contributed by atoms with E-state index in [9.17, 15) is 26.4 Å². The van der Waals surface area contributed by atoms with Gasteiger partial charge in [0.2, 0.25) is 10.0 Å². The number of alkyl halides is 3. The molecule has 1 N–H and O–H groups in total. The van der Waals surface area contributed by atoms with Crippen molar-refractivity contribution in [2.75, 3.05) is 13.1 Å². The SMILES string of the molecule is C[C@H]1c2cccn2CCN1S(=O)(=O)c1ccc(C(=O)NCC(F)(F)F)cc1. The first-order valence-corrected chi connectivity index (χ1v) is 9.65. The monoisotopic (exact) mass is 401 g/mol. The molecule has 1 aliphatic heterocycles. The highest BCUT2D eigenvalue weighted by Crippen LogP contribution is 2.31. The summed E-state index contributed by atoms with van der Waals surface area (Å²) in [5.74, 6) is -0.916. The van der Waals surface area contributed by atoms with Crippen LogP contribution in [0, 0.1) is 0 Å². The standard InChI is InChI=1S/C17H18F3N3O3S/c1-12-15-3-2-8-22(15)9-10-23(12)27(25,26)14-6-4-13(5-7-14)16(24)21-11-17(18,19)20/h2-8,12H,9-11H2,1H3,(H,21,24)/t12-/m0/s1. The van der Waals surface area contributed by atoms with Crippen LogP contribution >= 0.6 is 0 Å². The van der Waals surface area contributed by atoms with Crippen LogP contribution in [0.3, 0.4) is 0 Å². The number of carbonyl (C=O) groups is 1. The van der Waals surface area contributed by atoms with Crippen molar-refractivity contribution in [1.82, 2.24) is 14.2 Å². The van der Waals surface area contributed by atoms with E-state index in [0.717, 1.165) is 5.69 Å². The molecule has 6 nitrogen and oxygen atoms in total. The first-order valence-electron chi connectivity index (χ1n) is 8.21. The maximum Gasteiger partial charge on any atom is 0.405 e. The second-order valence-corrected chi connectivity index (χ2v) is 8.13. The minimum Gasteiger partial charge on any atom is -0.349 e. The van der Waals surface area contributed by atoms with Crippen molar-refractivity contribution in [3.8, 4) is 0 Å². The number of nitrogens with zero attached hydrogens (tertiary/aromatic N) is 2. The predicted octanol–water partition coefficient (Wildman–Crippen LogP) is 2.55. The smallest absolute Gasteiger partial charge is 0.349 e. The third-order valence-corrected chi connectivity index (χ3v) is 6.44. The molecule has 1 aromatic heterocycles. The number of aromatic nitrogens is 1. The second-order valence-electron chi connectivity index (χ2n) is 6.24. The maximum absolute atomic E-state index is 12.9. The summed E-state index contributed by atoms with van der Waals surface area (Å²) in [4.78, 5) is 11.7. The maximum atomic E-state index is 12.9. The van der Waals surface area contributed by atoms with E-state index in [1.54, 1.807) is 12.2 Å². The molecule has 0 aliphatic carbocycles. The summed E-state index contributed by atoms with van der Waals surface area (Å²) < 4.78 is 65.8. The van der Waals surface area contributed by atoms with Crippen LogP contribution in [0.2, 0.25) is 0 Å². The van der Waals surface area contributed by atoms with Crippen molar-refractivity contribution in [3.63, 3.8) is 0 Å². The summed E-state index contributed by atoms with van der Waals surface area (Å²) in [6, 6.07) is 8.24. The van der Waals surface area contributed by atoms with Gasteiger partial charge in [-0.2, -0.15) is 17.5 Å². The summed E-state index contributed by atoms with van der Waals surface area (Å²) in [7, 11) is -3.80. The van der Waals surface area contributed by atoms with Gasteiger partial charge in [-0.25, -0.2) is 8.42 Å². The fourth-order valence-electron chi connectivity index (χ4n) is 3.08. The van der Waals surface area contributed by atoms with Crippen molar-refractivity contribution >= 4 is 15.9 Å². The number of nitrogens with one attached hydrogen (secondary N) is 1. The fourth-order valence-corrected chi connectivity index (χ4v) is 4.68. The van der Waals surface area contributed by atoms with Crippen LogP contribution in [-0.4, -0.2) is 42.5 Å². The zero-order chi connectivity index (χ0) is 19.8. The number of hydrogen-bond donors (Lipinski definition) is 1. The average Bonchev–Trinajstić information content (AvgIpc) is 3.09. The number of sulfonamides is 1. The Morgan fingerprint density at radius 1 is 1.19 bits per heavy atom. The molecular weight excluding hydrogens is 383 g/mol. The molecule has 10 heteroatoms. The Morgan fingerprint density at radius 2 is 1.85 bits per heavy atom. The van der Waals surface area contributed by atoms with E-state index in [4.69, 9.17) is 0 Å². The molecule has 3 rings (SSSR count). The fraction of sp³-hybridized carbons (Fsp3) is 0.353. The molecule has 1 atom stereocenters. The Morgan fingerprint density at radius 3 is 2.48 bits per heavy atom. The van der Waals surface area contributed by atoms with Gasteiger partial charge < -0.3 is 9.88 Å². The van der Waals surface area contributed by atoms with Crippen LogP contribution in [0.25, 0.3) is 0 Å². The molecule has 1 aromatic carbocycles. The lowest BCUT2D eigenvalue weighted by Crippen LogP contribution is -2.40. The molecule has 0 unspecified atom stereocenters. The molecule has 1 aliphatic rings. The first-order chi connectivity index (χ1) is 12.6. The van der Waals surface area contributed by atoms with E-state index in [1.807, 2.05) is 22.9 Å². The molecular formula is C17H18F3N3O3S. The largest absolute Gasteiger partial charge is 0.405 e. The van der Waals surface area contributed by atoms with Gasteiger partial charge in [0.25, 0.3) is 5.91 Å². The zero-order valence-corrected chi connectivity index (χ0v) is 15.2.